The van der Waals surface area contributed by atoms with E-state index in [0.29, 0.717) is 44.2 Å². The zero-order chi connectivity index (χ0) is 21.1. The van der Waals surface area contributed by atoms with E-state index in [1.165, 1.54) is 28.2 Å². The number of ketones is 1. The van der Waals surface area contributed by atoms with Crippen LogP contribution in [-0.4, -0.2) is 69.8 Å². The Bertz CT molecular complexity index is 1120. The number of Topliss-reactive ketones (excluding diaryl/α,β-unsaturated/α-hetero) is 1. The molecule has 156 valence electrons. The smallest absolute Gasteiger partial charge is 0.243 e. The maximum absolute atomic E-state index is 12.9. The normalized spacial score (nSPS) is 15.9. The van der Waals surface area contributed by atoms with Crippen LogP contribution < -0.4 is 0 Å². The average Bonchev–Trinajstić information content (AvgIpc) is 3.23. The zero-order valence-electron chi connectivity index (χ0n) is 16.5. The van der Waals surface area contributed by atoms with E-state index in [9.17, 15) is 13.2 Å². The predicted molar refractivity (Wildman–Crippen MR) is 110 cm³/mol. The highest BCUT2D eigenvalue weighted by Gasteiger charge is 2.28. The van der Waals surface area contributed by atoms with E-state index in [2.05, 4.69) is 20.3 Å². The van der Waals surface area contributed by atoms with Gasteiger partial charge in [0.2, 0.25) is 15.8 Å². The number of aromatic nitrogens is 4. The Balaban J connectivity index is 1.37. The van der Waals surface area contributed by atoms with Gasteiger partial charge in [0, 0.05) is 37.3 Å². The number of carbonyl (C=O) groups excluding carboxylic acids is 1. The molecule has 0 N–H and O–H groups in total. The number of hydrogen-bond acceptors (Lipinski definition) is 7. The van der Waals surface area contributed by atoms with Gasteiger partial charge in [0.05, 0.1) is 4.90 Å². The van der Waals surface area contributed by atoms with Gasteiger partial charge >= 0.3 is 0 Å². The van der Waals surface area contributed by atoms with E-state index in [-0.39, 0.29) is 10.7 Å². The lowest BCUT2D eigenvalue weighted by atomic mass is 10.2. The van der Waals surface area contributed by atoms with Gasteiger partial charge in [-0.1, -0.05) is 42.5 Å². The molecule has 3 aromatic rings. The number of hydrogen-bond donors (Lipinski definition) is 0. The molecule has 0 atom stereocenters. The lowest BCUT2D eigenvalue weighted by Crippen LogP contribution is -2.49. The minimum absolute atomic E-state index is 0.0929. The predicted octanol–water partition coefficient (Wildman–Crippen LogP) is 1.51. The maximum Gasteiger partial charge on any atom is 0.243 e. The number of rotatable bonds is 6. The molecular formula is C20H22N6O3S. The van der Waals surface area contributed by atoms with Crippen LogP contribution >= 0.6 is 0 Å². The number of sulfonamides is 1. The molecule has 0 aliphatic carbocycles. The Hall–Kier alpha value is -2.95. The van der Waals surface area contributed by atoms with Crippen molar-refractivity contribution in [3.8, 4) is 11.4 Å². The molecular weight excluding hydrogens is 404 g/mol. The molecule has 0 bridgehead atoms. The molecule has 0 unspecified atom stereocenters. The van der Waals surface area contributed by atoms with E-state index >= 15 is 0 Å². The summed E-state index contributed by atoms with van der Waals surface area (Å²) < 4.78 is 27.2. The number of carbonyl (C=O) groups is 1. The summed E-state index contributed by atoms with van der Waals surface area (Å²) in [5.74, 6) is 0.468. The van der Waals surface area contributed by atoms with Crippen LogP contribution in [0, 0.1) is 0 Å². The average molecular weight is 427 g/mol. The van der Waals surface area contributed by atoms with Crippen LogP contribution in [0.25, 0.3) is 11.4 Å². The van der Waals surface area contributed by atoms with E-state index in [0.717, 1.165) is 5.56 Å². The maximum atomic E-state index is 12.9. The summed E-state index contributed by atoms with van der Waals surface area (Å²) in [7, 11) is -3.59. The Morgan fingerprint density at radius 2 is 1.63 bits per heavy atom. The Morgan fingerprint density at radius 3 is 2.27 bits per heavy atom. The third kappa shape index (κ3) is 4.30. The van der Waals surface area contributed by atoms with Crippen LogP contribution in [0.2, 0.25) is 0 Å². The molecule has 1 aromatic heterocycles. The van der Waals surface area contributed by atoms with Crippen molar-refractivity contribution in [3.05, 3.63) is 60.2 Å². The molecule has 1 fully saturated rings. The van der Waals surface area contributed by atoms with E-state index in [1.807, 2.05) is 30.3 Å². The van der Waals surface area contributed by atoms with Gasteiger partial charge in [-0.25, -0.2) is 8.42 Å². The van der Waals surface area contributed by atoms with Crippen LogP contribution in [0.5, 0.6) is 0 Å². The van der Waals surface area contributed by atoms with Crippen LogP contribution in [-0.2, 0) is 16.7 Å². The second-order valence-electron chi connectivity index (χ2n) is 7.10. The van der Waals surface area contributed by atoms with Crippen molar-refractivity contribution in [1.29, 1.82) is 0 Å². The Kier molecular flexibility index (Phi) is 5.71. The second-order valence-corrected chi connectivity index (χ2v) is 9.03. The van der Waals surface area contributed by atoms with Gasteiger partial charge in [-0.3, -0.25) is 9.69 Å². The molecule has 0 amide bonds. The number of piperazine rings is 1. The summed E-state index contributed by atoms with van der Waals surface area (Å²) in [4.78, 5) is 15.2. The first-order chi connectivity index (χ1) is 14.4. The van der Waals surface area contributed by atoms with Gasteiger partial charge in [0.25, 0.3) is 0 Å². The Morgan fingerprint density at radius 1 is 0.967 bits per heavy atom. The van der Waals surface area contributed by atoms with Crippen molar-refractivity contribution in [2.75, 3.05) is 26.2 Å². The summed E-state index contributed by atoms with van der Waals surface area (Å²) >= 11 is 0. The highest BCUT2D eigenvalue weighted by atomic mass is 32.2. The zero-order valence-corrected chi connectivity index (χ0v) is 17.4. The van der Waals surface area contributed by atoms with Gasteiger partial charge in [-0.05, 0) is 24.3 Å². The standard InChI is InChI=1S/C20H22N6O3S/c1-16(27)17-7-9-19(10-8-17)30(28,29)25-13-11-24(12-14-25)15-26-22-20(21-23-26)18-5-3-2-4-6-18/h2-10H,11-15H2,1H3. The number of tetrazole rings is 1. The molecule has 10 heteroatoms. The van der Waals surface area contributed by atoms with Crippen molar-refractivity contribution >= 4 is 15.8 Å². The first-order valence-corrected chi connectivity index (χ1v) is 11.0. The monoisotopic (exact) mass is 426 g/mol. The summed E-state index contributed by atoms with van der Waals surface area (Å²) in [5, 5.41) is 12.6. The fourth-order valence-electron chi connectivity index (χ4n) is 3.31. The minimum Gasteiger partial charge on any atom is -0.295 e. The van der Waals surface area contributed by atoms with Gasteiger partial charge in [-0.2, -0.15) is 4.31 Å². The number of benzene rings is 2. The molecule has 0 radical (unpaired) electrons. The van der Waals surface area contributed by atoms with E-state index in [1.54, 1.807) is 12.1 Å². The van der Waals surface area contributed by atoms with Crippen molar-refractivity contribution in [2.24, 2.45) is 0 Å². The molecule has 2 heterocycles. The molecule has 2 aromatic carbocycles. The van der Waals surface area contributed by atoms with Crippen LogP contribution in [0.3, 0.4) is 0 Å². The quantitative estimate of drug-likeness (QED) is 0.551. The van der Waals surface area contributed by atoms with Gasteiger partial charge in [0.1, 0.15) is 6.67 Å². The lowest BCUT2D eigenvalue weighted by molar-refractivity contribution is 0.101. The summed E-state index contributed by atoms with van der Waals surface area (Å²) in [6, 6.07) is 15.7. The minimum atomic E-state index is -3.59. The van der Waals surface area contributed by atoms with Crippen molar-refractivity contribution < 1.29 is 13.2 Å². The summed E-state index contributed by atoms with van der Waals surface area (Å²) in [5.41, 5.74) is 1.39. The van der Waals surface area contributed by atoms with E-state index < -0.39 is 10.0 Å². The molecule has 1 saturated heterocycles. The van der Waals surface area contributed by atoms with Crippen molar-refractivity contribution in [1.82, 2.24) is 29.4 Å². The molecule has 9 nitrogen and oxygen atoms in total. The van der Waals surface area contributed by atoms with Crippen molar-refractivity contribution in [2.45, 2.75) is 18.5 Å². The largest absolute Gasteiger partial charge is 0.295 e. The second kappa shape index (κ2) is 8.42. The first-order valence-electron chi connectivity index (χ1n) is 9.60. The third-order valence-electron chi connectivity index (χ3n) is 5.04. The lowest BCUT2D eigenvalue weighted by Gasteiger charge is -2.33. The highest BCUT2D eigenvalue weighted by Crippen LogP contribution is 2.19. The van der Waals surface area contributed by atoms with E-state index in [4.69, 9.17) is 0 Å². The molecule has 0 spiro atoms. The van der Waals surface area contributed by atoms with Gasteiger partial charge in [0.15, 0.2) is 5.78 Å². The third-order valence-corrected chi connectivity index (χ3v) is 6.95. The molecule has 30 heavy (non-hydrogen) atoms. The SMILES string of the molecule is CC(=O)c1ccc(S(=O)(=O)N2CCN(Cn3nnc(-c4ccccc4)n3)CC2)cc1. The van der Waals surface area contributed by atoms with Crippen LogP contribution in [0.1, 0.15) is 17.3 Å². The topological polar surface area (TPSA) is 101 Å². The van der Waals surface area contributed by atoms with Crippen LogP contribution in [0.4, 0.5) is 0 Å². The van der Waals surface area contributed by atoms with Crippen molar-refractivity contribution in [3.63, 3.8) is 0 Å². The molecule has 1 aliphatic heterocycles. The first kappa shape index (κ1) is 20.3. The summed E-state index contributed by atoms with van der Waals surface area (Å²) in [6.07, 6.45) is 0. The highest BCUT2D eigenvalue weighted by molar-refractivity contribution is 7.89. The molecule has 0 saturated carbocycles. The molecule has 1 aliphatic rings. The fraction of sp³-hybridized carbons (Fsp3) is 0.300. The fourth-order valence-corrected chi connectivity index (χ4v) is 4.73. The Labute approximate surface area is 175 Å². The van der Waals surface area contributed by atoms with Gasteiger partial charge < -0.3 is 0 Å². The van der Waals surface area contributed by atoms with Gasteiger partial charge in [-0.15, -0.1) is 15.0 Å². The van der Waals surface area contributed by atoms with Crippen LogP contribution in [0.15, 0.2) is 59.5 Å². The molecule has 4 rings (SSSR count). The number of nitrogens with zero attached hydrogens (tertiary/aromatic N) is 6. The summed E-state index contributed by atoms with van der Waals surface area (Å²) in [6.45, 7) is 3.77.